The number of nitrogens with zero attached hydrogens (tertiary/aromatic N) is 2. The van der Waals surface area contributed by atoms with Gasteiger partial charge in [-0.05, 0) is 42.8 Å². The van der Waals surface area contributed by atoms with Crippen molar-refractivity contribution in [3.05, 3.63) is 54.0 Å². The lowest BCUT2D eigenvalue weighted by Gasteiger charge is -2.26. The first-order chi connectivity index (χ1) is 13.1. The number of carbonyl (C=O) groups excluding carboxylic acids is 1. The van der Waals surface area contributed by atoms with Gasteiger partial charge in [0.15, 0.2) is 0 Å². The maximum Gasteiger partial charge on any atom is 0.253 e. The number of hydrogen-bond donors (Lipinski definition) is 0. The van der Waals surface area contributed by atoms with Gasteiger partial charge < -0.3 is 14.1 Å². The highest BCUT2D eigenvalue weighted by Gasteiger charge is 2.30. The Balaban J connectivity index is 1.45. The molecule has 2 aromatic rings. The van der Waals surface area contributed by atoms with Crippen LogP contribution in [0, 0.1) is 0 Å². The Morgan fingerprint density at radius 3 is 2.44 bits per heavy atom. The predicted molar refractivity (Wildman–Crippen MR) is 98.0 cm³/mol. The summed E-state index contributed by atoms with van der Waals surface area (Å²) in [6.07, 6.45) is 2.51. The molecule has 0 spiro atoms. The molecule has 2 fully saturated rings. The first-order valence-corrected chi connectivity index (χ1v) is 10.5. The summed E-state index contributed by atoms with van der Waals surface area (Å²) in [4.78, 5) is 14.7. The molecule has 7 nitrogen and oxygen atoms in total. The molecule has 0 radical (unpaired) electrons. The largest absolute Gasteiger partial charge is 0.469 e. The predicted octanol–water partition coefficient (Wildman–Crippen LogP) is 1.93. The first kappa shape index (κ1) is 18.2. The van der Waals surface area contributed by atoms with Crippen LogP contribution in [0.5, 0.6) is 0 Å². The summed E-state index contributed by atoms with van der Waals surface area (Å²) >= 11 is 0. The number of likely N-dealkylation sites (tertiary alicyclic amines) is 1. The minimum atomic E-state index is -3.55. The molecule has 1 atom stereocenters. The van der Waals surface area contributed by atoms with Gasteiger partial charge in [0.2, 0.25) is 10.0 Å². The van der Waals surface area contributed by atoms with Crippen molar-refractivity contribution >= 4 is 15.9 Å². The van der Waals surface area contributed by atoms with Gasteiger partial charge in [0.05, 0.1) is 24.4 Å². The molecule has 144 valence electrons. The lowest BCUT2D eigenvalue weighted by Crippen LogP contribution is -2.40. The molecule has 0 N–H and O–H groups in total. The van der Waals surface area contributed by atoms with Gasteiger partial charge >= 0.3 is 0 Å². The molecule has 0 bridgehead atoms. The summed E-state index contributed by atoms with van der Waals surface area (Å²) in [5, 5.41) is 0. The summed E-state index contributed by atoms with van der Waals surface area (Å²) in [5.74, 6) is 1.03. The van der Waals surface area contributed by atoms with E-state index in [4.69, 9.17) is 9.15 Å². The molecule has 27 heavy (non-hydrogen) atoms. The van der Waals surface area contributed by atoms with Crippen LogP contribution in [-0.2, 0) is 14.8 Å². The average Bonchev–Trinajstić information content (AvgIpc) is 3.40. The number of benzene rings is 1. The molecule has 2 saturated heterocycles. The van der Waals surface area contributed by atoms with Crippen LogP contribution in [0.15, 0.2) is 52.0 Å². The third-order valence-electron chi connectivity index (χ3n) is 5.13. The molecule has 2 aliphatic rings. The van der Waals surface area contributed by atoms with Crippen LogP contribution < -0.4 is 0 Å². The zero-order valence-corrected chi connectivity index (χ0v) is 15.7. The summed E-state index contributed by atoms with van der Waals surface area (Å²) in [7, 11) is -3.55. The van der Waals surface area contributed by atoms with Crippen LogP contribution in [0.4, 0.5) is 0 Å². The van der Waals surface area contributed by atoms with Crippen molar-refractivity contribution in [2.45, 2.75) is 17.2 Å². The molecule has 2 aliphatic heterocycles. The molecule has 1 aromatic carbocycles. The number of morpholine rings is 1. The Labute approximate surface area is 158 Å². The van der Waals surface area contributed by atoms with Gasteiger partial charge in [-0.3, -0.25) is 4.79 Å². The monoisotopic (exact) mass is 390 g/mol. The number of furan rings is 1. The van der Waals surface area contributed by atoms with Crippen molar-refractivity contribution in [2.75, 3.05) is 39.4 Å². The molecule has 1 aromatic heterocycles. The van der Waals surface area contributed by atoms with E-state index in [1.165, 1.54) is 16.4 Å². The average molecular weight is 390 g/mol. The Bertz CT molecular complexity index is 887. The highest BCUT2D eigenvalue weighted by Crippen LogP contribution is 2.28. The fourth-order valence-corrected chi connectivity index (χ4v) is 5.00. The topological polar surface area (TPSA) is 80.1 Å². The molecule has 3 heterocycles. The van der Waals surface area contributed by atoms with E-state index in [0.29, 0.717) is 45.0 Å². The number of carbonyl (C=O) groups is 1. The second kappa shape index (κ2) is 7.46. The van der Waals surface area contributed by atoms with Crippen molar-refractivity contribution in [3.63, 3.8) is 0 Å². The molecular formula is C19H22N2O5S. The Morgan fingerprint density at radius 2 is 1.78 bits per heavy atom. The van der Waals surface area contributed by atoms with Crippen LogP contribution in [0.25, 0.3) is 0 Å². The van der Waals surface area contributed by atoms with Gasteiger partial charge in [0.1, 0.15) is 5.76 Å². The minimum Gasteiger partial charge on any atom is -0.469 e. The molecule has 8 heteroatoms. The highest BCUT2D eigenvalue weighted by molar-refractivity contribution is 7.89. The Morgan fingerprint density at radius 1 is 1.04 bits per heavy atom. The van der Waals surface area contributed by atoms with Crippen molar-refractivity contribution in [1.29, 1.82) is 0 Å². The van der Waals surface area contributed by atoms with Gasteiger partial charge in [0.25, 0.3) is 5.91 Å². The van der Waals surface area contributed by atoms with E-state index in [-0.39, 0.29) is 16.7 Å². The van der Waals surface area contributed by atoms with Gasteiger partial charge in [0, 0.05) is 37.7 Å². The molecular weight excluding hydrogens is 368 g/mol. The van der Waals surface area contributed by atoms with Gasteiger partial charge in [-0.2, -0.15) is 4.31 Å². The quantitative estimate of drug-likeness (QED) is 0.797. The fourth-order valence-electron chi connectivity index (χ4n) is 3.59. The lowest BCUT2D eigenvalue weighted by molar-refractivity contribution is 0.0730. The zero-order valence-electron chi connectivity index (χ0n) is 14.9. The van der Waals surface area contributed by atoms with Crippen molar-refractivity contribution in [3.8, 4) is 0 Å². The molecule has 4 rings (SSSR count). The fraction of sp³-hybridized carbons (Fsp3) is 0.421. The van der Waals surface area contributed by atoms with Gasteiger partial charge in [-0.15, -0.1) is 0 Å². The molecule has 0 saturated carbocycles. The second-order valence-corrected chi connectivity index (χ2v) is 8.73. The van der Waals surface area contributed by atoms with E-state index in [9.17, 15) is 13.2 Å². The maximum atomic E-state index is 12.7. The van der Waals surface area contributed by atoms with E-state index in [1.54, 1.807) is 23.3 Å². The van der Waals surface area contributed by atoms with Crippen LogP contribution in [0.2, 0.25) is 0 Å². The number of sulfonamides is 1. The number of rotatable bonds is 4. The van der Waals surface area contributed by atoms with Gasteiger partial charge in [-0.25, -0.2) is 8.42 Å². The van der Waals surface area contributed by atoms with E-state index < -0.39 is 10.0 Å². The molecule has 1 unspecified atom stereocenters. The number of hydrogen-bond acceptors (Lipinski definition) is 5. The van der Waals surface area contributed by atoms with Crippen molar-refractivity contribution in [1.82, 2.24) is 9.21 Å². The van der Waals surface area contributed by atoms with Crippen molar-refractivity contribution in [2.24, 2.45) is 0 Å². The first-order valence-electron chi connectivity index (χ1n) is 9.06. The third kappa shape index (κ3) is 3.65. The van der Waals surface area contributed by atoms with Crippen LogP contribution >= 0.6 is 0 Å². The van der Waals surface area contributed by atoms with E-state index in [1.807, 2.05) is 12.1 Å². The van der Waals surface area contributed by atoms with Crippen LogP contribution in [-0.4, -0.2) is 62.9 Å². The second-order valence-electron chi connectivity index (χ2n) is 6.79. The van der Waals surface area contributed by atoms with E-state index in [0.717, 1.165) is 12.2 Å². The molecule has 0 aliphatic carbocycles. The summed E-state index contributed by atoms with van der Waals surface area (Å²) in [5.41, 5.74) is 0.496. The van der Waals surface area contributed by atoms with Crippen molar-refractivity contribution < 1.29 is 22.4 Å². The Kier molecular flexibility index (Phi) is 5.03. The standard InChI is InChI=1S/C19H22N2O5S/c22-19(20-8-7-16(14-20)18-2-1-11-26-18)15-3-5-17(6-4-15)27(23,24)21-9-12-25-13-10-21/h1-6,11,16H,7-10,12-14H2. The normalized spacial score (nSPS) is 21.5. The smallest absolute Gasteiger partial charge is 0.253 e. The van der Waals surface area contributed by atoms with E-state index >= 15 is 0 Å². The lowest BCUT2D eigenvalue weighted by atomic mass is 10.1. The van der Waals surface area contributed by atoms with Crippen LogP contribution in [0.3, 0.4) is 0 Å². The summed E-state index contributed by atoms with van der Waals surface area (Å²) < 4.78 is 37.4. The molecule has 1 amide bonds. The summed E-state index contributed by atoms with van der Waals surface area (Å²) in [6, 6.07) is 10.00. The summed E-state index contributed by atoms with van der Waals surface area (Å²) in [6.45, 7) is 2.79. The number of amides is 1. The third-order valence-corrected chi connectivity index (χ3v) is 7.04. The number of ether oxygens (including phenoxy) is 1. The van der Waals surface area contributed by atoms with Gasteiger partial charge in [-0.1, -0.05) is 0 Å². The van der Waals surface area contributed by atoms with Crippen LogP contribution in [0.1, 0.15) is 28.5 Å². The van der Waals surface area contributed by atoms with E-state index in [2.05, 4.69) is 0 Å². The minimum absolute atomic E-state index is 0.0839. The zero-order chi connectivity index (χ0) is 18.9. The Hall–Kier alpha value is -2.16. The maximum absolute atomic E-state index is 12.7. The highest BCUT2D eigenvalue weighted by atomic mass is 32.2. The SMILES string of the molecule is O=C(c1ccc(S(=O)(=O)N2CCOCC2)cc1)N1CCC(c2ccco2)C1.